The smallest absolute Gasteiger partial charge is 0.662 e. The predicted molar refractivity (Wildman–Crippen MR) is 589 cm³/mol. The monoisotopic (exact) mass is 2600 g/mol. The fourth-order valence-corrected chi connectivity index (χ4v) is 27.9. The van der Waals surface area contributed by atoms with E-state index in [1.54, 1.807) is 144 Å². The van der Waals surface area contributed by atoms with Crippen LogP contribution in [0, 0.1) is 62.3 Å². The number of halogens is 3. The van der Waals surface area contributed by atoms with Crippen molar-refractivity contribution in [1.29, 1.82) is 0 Å². The van der Waals surface area contributed by atoms with Crippen molar-refractivity contribution >= 4 is 225 Å². The van der Waals surface area contributed by atoms with Gasteiger partial charge in [0.1, 0.15) is 0 Å². The Morgan fingerprint density at radius 2 is 0.510 bits per heavy atom. The van der Waals surface area contributed by atoms with Crippen LogP contribution < -0.4 is 78.9 Å². The molecule has 0 aliphatic heterocycles. The molecule has 0 spiro atoms. The number of alkyl halides is 3. The molecule has 0 unspecified atom stereocenters. The molecule has 9 aromatic rings. The first kappa shape index (κ1) is 139. The van der Waals surface area contributed by atoms with Crippen molar-refractivity contribution in [3.8, 4) is 0 Å². The number of unbranched alkanes of at least 4 members (excludes halogenated alkanes) is 12. The second-order valence-corrected chi connectivity index (χ2v) is 53.4. The van der Waals surface area contributed by atoms with Crippen molar-refractivity contribution in [2.24, 2.45) is 0 Å². The number of sulfonamides is 9. The summed E-state index contributed by atoms with van der Waals surface area (Å²) in [7, 11) is -36.7. The van der Waals surface area contributed by atoms with Crippen LogP contribution in [-0.2, 0) is 99.9 Å². The van der Waals surface area contributed by atoms with Crippen LogP contribution in [0.5, 0.6) is 0 Å². The van der Waals surface area contributed by atoms with E-state index >= 15 is 0 Å². The van der Waals surface area contributed by atoms with E-state index in [0.717, 1.165) is 71.4 Å². The van der Waals surface area contributed by atoms with Gasteiger partial charge in [0.2, 0.25) is 88.0 Å². The molecule has 9 rings (SSSR count). The van der Waals surface area contributed by atoms with Crippen LogP contribution in [-0.4, -0.2) is 333 Å². The normalized spacial score (nSPS) is 12.1. The minimum atomic E-state index is -4.54. The van der Waals surface area contributed by atoms with Gasteiger partial charge in [0.05, 0.1) is 59.1 Å². The van der Waals surface area contributed by atoms with Gasteiger partial charge < -0.3 is 20.2 Å². The van der Waals surface area contributed by atoms with Crippen molar-refractivity contribution in [3.63, 3.8) is 0 Å². The van der Waals surface area contributed by atoms with Crippen molar-refractivity contribution < 1.29 is 180 Å². The molecule has 149 heavy (non-hydrogen) atoms. The first-order chi connectivity index (χ1) is 69.2. The third-order valence-electron chi connectivity index (χ3n) is 23.2. The molecule has 50 heteroatoms. The molecule has 0 bridgehead atoms. The number of carbonyl (C=O) groups is 2. The number of nitrogens with one attached hydrogen (secondary N) is 1. The second kappa shape index (κ2) is 69.6. The number of rotatable bonds is 57. The molecule has 0 atom stereocenters. The van der Waals surface area contributed by atoms with Crippen LogP contribution >= 0.6 is 31.9 Å². The third kappa shape index (κ3) is 45.5. The van der Waals surface area contributed by atoms with E-state index in [9.17, 15) is 95.0 Å². The summed E-state index contributed by atoms with van der Waals surface area (Å²) < 4.78 is 275. The van der Waals surface area contributed by atoms with Crippen LogP contribution in [0.3, 0.4) is 0 Å². The summed E-state index contributed by atoms with van der Waals surface area (Å²) in [5.41, 5.74) is 7.34. The number of hydrogen-bond acceptors (Lipinski definition) is 24. The molecule has 3 N–H and O–H groups in total. The molecule has 0 saturated heterocycles. The molecule has 0 heterocycles. The molecule has 0 fully saturated rings. The van der Waals surface area contributed by atoms with Crippen molar-refractivity contribution in [3.05, 3.63) is 268 Å². The molecule has 9 aromatic carbocycles. The summed E-state index contributed by atoms with van der Waals surface area (Å²) in [6, 6.07) is 54.7. The predicted octanol–water partition coefficient (Wildman–Crippen LogP) is 11.3. The largest absolute Gasteiger partial charge is 1.00 e. The Labute approximate surface area is 1020 Å². The Morgan fingerprint density at radius 1 is 0.336 bits per heavy atom. The molecular formula is C99H140B3Br2Cs2FN9O24S9. The van der Waals surface area contributed by atoms with Gasteiger partial charge in [0.15, 0.2) is 5.81 Å². The van der Waals surface area contributed by atoms with Gasteiger partial charge in [-0.05, 0) is 211 Å². The van der Waals surface area contributed by atoms with E-state index in [4.69, 9.17) is 19.3 Å². The second-order valence-electron chi connectivity index (χ2n) is 34.7. The molecule has 0 aliphatic rings. The van der Waals surface area contributed by atoms with Crippen LogP contribution in [0.1, 0.15) is 149 Å². The fraction of sp³-hybridized carbons (Fsp3) is 0.434. The van der Waals surface area contributed by atoms with Crippen molar-refractivity contribution in [2.45, 2.75) is 217 Å². The fourth-order valence-electron chi connectivity index (χ4n) is 14.7. The van der Waals surface area contributed by atoms with Gasteiger partial charge in [0, 0.05) is 165 Å². The van der Waals surface area contributed by atoms with E-state index < -0.39 is 150 Å². The summed E-state index contributed by atoms with van der Waals surface area (Å²) >= 11 is 6.87. The summed E-state index contributed by atoms with van der Waals surface area (Å²) in [6.07, 6.45) is 13.6. The topological polar surface area (TPSA) is 452 Å². The van der Waals surface area contributed by atoms with E-state index in [0.29, 0.717) is 49.3 Å². The minimum Gasteiger partial charge on any atom is -0.662 e. The Balaban J connectivity index is 0.00000102. The zero-order valence-electron chi connectivity index (χ0n) is 87.3. The first-order valence-corrected chi connectivity index (χ1v) is 62.4. The minimum absolute atomic E-state index is 0. The molecule has 3 radical (unpaired) electrons. The molecule has 1 amide bonds. The summed E-state index contributed by atoms with van der Waals surface area (Å²) in [5.74, 6) is -1.34. The average molecular weight is 2610 g/mol. The SMILES string of the molecule is BrCCCCCCCCCBr.C.CB(O)N(CCN(CCNS(=O)(=O)c1ccc(C)cc1)S(=O)(=O)c1ccc(C)cc1)S(=O)(=O)c1ccc(C)cc1.O=CO[O-].[2H]CF.[B]C(=O)N(CCN(CCN(CCCCCCCCCN(CCN(CCN(B(C)O)S(=O)(=O)c1ccc(C)cc1)S(=O)(=O)c1ccc(C)cc1)S(=O)(=O)c1ccc(C)cc1)S(=O)(=O)c1ccc(C)cc1)S(=O)(=O)c1ccc(C)cc1)S(=O)(=O)c1ccc(C)cc1.[Cs+].[Cs]. The number of benzene rings is 9. The van der Waals surface area contributed by atoms with Gasteiger partial charge in [-0.1, -0.05) is 263 Å². The van der Waals surface area contributed by atoms with E-state index in [2.05, 4.69) is 41.5 Å². The number of aryl methyl sites for hydroxylation is 9. The standard InChI is InChI=1S/C61H80B2N6O14S6.C26H34BN3O7S3.C9H18Br2.CH3F.CH2O3.CH4.2Cs/c1-49-15-27-55(28-16-49)84(72,73)64(41-43-66(86(76,77)57-31-19-51(3)20-32-57)45-47-68(61(62)70)88(80,81)59-35-23-53(5)24-36-59)39-13-11-9-8-10-12-14-40-65(85(74,75)56-29-17-50(2)18-30-56)42-44-67(87(78,79)58-33-21-52(4)22-34-58)46-48-69(63(7)71)89(82,83)60-37-25-54(6)26-38-60;1-21-5-11-24(12-6-21)38(32,33)28-17-18-29(39(34,35)25-13-7-22(2)8-14-25)19-20-30(27(4)31)40(36,37)26-15-9-23(3)10-16-26;10-8-6-4-2-1-3-5-7-9-11;1-2;2-1-4-3;;;/h15-38,71H,8-14,39-48H2,1-7H3;5-16,28,31H,17-20H2,1-4H3;1-9H2;1H3;1,3H;1H4;;/q;;;;;;;+1/p-1/i;;;1D;;;;. The Morgan fingerprint density at radius 3 is 0.718 bits per heavy atom. The number of hydrogen-bond donors (Lipinski definition) is 3. The third-order valence-corrected chi connectivity index (χ3v) is 41.2. The molecule has 0 aromatic heterocycles. The molecule has 33 nitrogen and oxygen atoms in total. The van der Waals surface area contributed by atoms with Gasteiger partial charge in [-0.25, -0.2) is 93.2 Å². The van der Waals surface area contributed by atoms with Crippen LogP contribution in [0.15, 0.2) is 262 Å². The van der Waals surface area contributed by atoms with E-state index in [-0.39, 0.29) is 255 Å². The first-order valence-electron chi connectivity index (χ1n) is 47.9. The quantitative estimate of drug-likeness (QED) is 0.00796. The molecule has 0 aliphatic carbocycles. The van der Waals surface area contributed by atoms with Gasteiger partial charge in [-0.2, -0.15) is 21.5 Å². The molecule has 0 saturated carbocycles. The summed E-state index contributed by atoms with van der Waals surface area (Å²) in [6.45, 7) is 13.6. The van der Waals surface area contributed by atoms with Gasteiger partial charge in [-0.15, -0.1) is 0 Å². The van der Waals surface area contributed by atoms with Gasteiger partial charge in [0.25, 0.3) is 16.5 Å². The molecule has 811 valence electrons. The average Bonchev–Trinajstić information content (AvgIpc) is 0.797. The van der Waals surface area contributed by atoms with Gasteiger partial charge >= 0.3 is 83.0 Å². The number of carbonyl (C=O) groups excluding carboxylic acids is 2. The maximum atomic E-state index is 14.5. The maximum Gasteiger partial charge on any atom is 1.00 e. The number of nitrogens with zero attached hydrogens (tertiary/aromatic N) is 8. The van der Waals surface area contributed by atoms with Crippen LogP contribution in [0.25, 0.3) is 0 Å². The van der Waals surface area contributed by atoms with E-state index in [1.165, 1.54) is 187 Å². The van der Waals surface area contributed by atoms with Crippen molar-refractivity contribution in [1.82, 2.24) is 39.0 Å². The Kier molecular flexibility index (Phi) is 65.1. The summed E-state index contributed by atoms with van der Waals surface area (Å²) in [5, 5.41) is 31.9. The Hall–Kier alpha value is -3.78. The Bertz CT molecular complexity index is 6670. The van der Waals surface area contributed by atoms with Gasteiger partial charge in [-0.3, -0.25) is 14.0 Å². The van der Waals surface area contributed by atoms with Crippen LogP contribution in [0.2, 0.25) is 13.6 Å². The summed E-state index contributed by atoms with van der Waals surface area (Å²) in [4.78, 5) is 23.4. The maximum absolute atomic E-state index is 14.5. The van der Waals surface area contributed by atoms with E-state index in [1.807, 2.05) is 27.7 Å². The zero-order chi connectivity index (χ0) is 110. The molecular weight excluding hydrogens is 2460 g/mol. The zero-order valence-corrected chi connectivity index (χ0v) is 109. The number of amides is 1. The van der Waals surface area contributed by atoms with Crippen molar-refractivity contribution in [2.75, 3.05) is 109 Å². The van der Waals surface area contributed by atoms with Crippen LogP contribution in [0.4, 0.5) is 9.18 Å².